The molecule has 0 bridgehead atoms. The third kappa shape index (κ3) is 4.39. The van der Waals surface area contributed by atoms with Crippen molar-refractivity contribution in [3.05, 3.63) is 29.3 Å². The largest absolute Gasteiger partial charge is 0.573 e. The van der Waals surface area contributed by atoms with Crippen LogP contribution in [0.15, 0.2) is 18.2 Å². The summed E-state index contributed by atoms with van der Waals surface area (Å²) < 4.78 is 77.7. The van der Waals surface area contributed by atoms with Crippen LogP contribution in [0.5, 0.6) is 5.75 Å². The van der Waals surface area contributed by atoms with E-state index in [0.717, 1.165) is 0 Å². The normalized spacial score (nSPS) is 14.0. The van der Waals surface area contributed by atoms with Crippen molar-refractivity contribution < 1.29 is 35.9 Å². The van der Waals surface area contributed by atoms with Gasteiger partial charge in [-0.05, 0) is 25.1 Å². The van der Waals surface area contributed by atoms with Crippen molar-refractivity contribution in [3.8, 4) is 5.75 Å². The van der Waals surface area contributed by atoms with E-state index in [2.05, 4.69) is 20.7 Å². The zero-order valence-corrected chi connectivity index (χ0v) is 11.4. The molecule has 9 heteroatoms. The molecule has 0 aliphatic carbocycles. The molecule has 0 heterocycles. The molecule has 0 saturated carbocycles. The number of carbonyl (C=O) groups is 1. The van der Waals surface area contributed by atoms with Gasteiger partial charge in [-0.25, -0.2) is 0 Å². The van der Waals surface area contributed by atoms with E-state index >= 15 is 0 Å². The molecule has 1 unspecified atom stereocenters. The first-order valence-electron chi connectivity index (χ1n) is 5.07. The summed E-state index contributed by atoms with van der Waals surface area (Å²) in [7, 11) is 0. The van der Waals surface area contributed by atoms with Crippen LogP contribution in [0.1, 0.15) is 22.8 Å². The number of Topliss-reactive ketones (excluding diaryl/α,β-unsaturated/α-hetero) is 1. The lowest BCUT2D eigenvalue weighted by Gasteiger charge is -2.15. The number of carbonyl (C=O) groups excluding carboxylic acids is 1. The minimum atomic E-state index is -5.11. The summed E-state index contributed by atoms with van der Waals surface area (Å²) >= 11 is 2.82. The minimum absolute atomic E-state index is 0.149. The maximum atomic E-state index is 12.8. The predicted octanol–water partition coefficient (Wildman–Crippen LogP) is 4.57. The standard InChI is InChI=1S/C11H7BrF6O2/c1-5(12)9(19)7-3-2-6(20-11(16,17)18)4-8(7)10(13,14)15/h2-5H,1H3. The fraction of sp³-hybridized carbons (Fsp3) is 0.364. The zero-order chi connectivity index (χ0) is 15.7. The second-order valence-electron chi connectivity index (χ2n) is 3.73. The number of halogens is 7. The highest BCUT2D eigenvalue weighted by Gasteiger charge is 2.38. The van der Waals surface area contributed by atoms with Crippen LogP contribution < -0.4 is 4.74 Å². The van der Waals surface area contributed by atoms with Crippen LogP contribution in [0.25, 0.3) is 0 Å². The summed E-state index contributed by atoms with van der Waals surface area (Å²) in [6.07, 6.45) is -10.1. The van der Waals surface area contributed by atoms with Gasteiger partial charge in [0.15, 0.2) is 5.78 Å². The molecule has 1 aromatic rings. The lowest BCUT2D eigenvalue weighted by Crippen LogP contribution is -2.20. The van der Waals surface area contributed by atoms with Gasteiger partial charge in [-0.3, -0.25) is 4.79 Å². The number of benzene rings is 1. The molecule has 0 aliphatic heterocycles. The van der Waals surface area contributed by atoms with E-state index in [1.807, 2.05) is 0 Å². The average molecular weight is 365 g/mol. The Kier molecular flexibility index (Phi) is 4.73. The van der Waals surface area contributed by atoms with E-state index < -0.39 is 40.0 Å². The van der Waals surface area contributed by atoms with Gasteiger partial charge in [-0.1, -0.05) is 15.9 Å². The SMILES string of the molecule is CC(Br)C(=O)c1ccc(OC(F)(F)F)cc1C(F)(F)F. The van der Waals surface area contributed by atoms with E-state index in [1.165, 1.54) is 6.92 Å². The van der Waals surface area contributed by atoms with Crippen LogP contribution in [-0.2, 0) is 6.18 Å². The maximum absolute atomic E-state index is 12.8. The van der Waals surface area contributed by atoms with Crippen LogP contribution in [0.2, 0.25) is 0 Å². The second kappa shape index (κ2) is 5.63. The number of rotatable bonds is 3. The summed E-state index contributed by atoms with van der Waals surface area (Å²) in [5.41, 5.74) is -2.20. The van der Waals surface area contributed by atoms with E-state index in [9.17, 15) is 31.1 Å². The van der Waals surface area contributed by atoms with Crippen LogP contribution >= 0.6 is 15.9 Å². The molecule has 1 atom stereocenters. The van der Waals surface area contributed by atoms with Gasteiger partial charge in [-0.15, -0.1) is 13.2 Å². The van der Waals surface area contributed by atoms with Crippen LogP contribution in [0.3, 0.4) is 0 Å². The molecule has 1 aromatic carbocycles. The lowest BCUT2D eigenvalue weighted by molar-refractivity contribution is -0.274. The van der Waals surface area contributed by atoms with Gasteiger partial charge < -0.3 is 4.74 Å². The molecular formula is C11H7BrF6O2. The molecule has 0 aliphatic rings. The fourth-order valence-electron chi connectivity index (χ4n) is 1.38. The Balaban J connectivity index is 3.32. The average Bonchev–Trinajstić information content (AvgIpc) is 2.24. The summed E-state index contributed by atoms with van der Waals surface area (Å²) in [5.74, 6) is -1.93. The van der Waals surface area contributed by atoms with Crippen molar-refractivity contribution in [2.45, 2.75) is 24.3 Å². The highest BCUT2D eigenvalue weighted by atomic mass is 79.9. The Bertz CT molecular complexity index is 507. The molecule has 20 heavy (non-hydrogen) atoms. The summed E-state index contributed by atoms with van der Waals surface area (Å²) in [4.78, 5) is 10.7. The molecule has 0 saturated heterocycles. The molecule has 0 N–H and O–H groups in total. The highest BCUT2D eigenvalue weighted by Crippen LogP contribution is 2.36. The molecule has 0 fully saturated rings. The fourth-order valence-corrected chi connectivity index (χ4v) is 1.63. The van der Waals surface area contributed by atoms with Gasteiger partial charge in [0.25, 0.3) is 0 Å². The molecule has 1 rings (SSSR count). The lowest BCUT2D eigenvalue weighted by atomic mass is 10.0. The molecule has 0 amide bonds. The molecular weight excluding hydrogens is 358 g/mol. The Morgan fingerprint density at radius 2 is 1.75 bits per heavy atom. The first-order chi connectivity index (χ1) is 8.92. The first-order valence-corrected chi connectivity index (χ1v) is 5.98. The van der Waals surface area contributed by atoms with Crippen LogP contribution in [0.4, 0.5) is 26.3 Å². The number of ketones is 1. The number of alkyl halides is 7. The van der Waals surface area contributed by atoms with Gasteiger partial charge >= 0.3 is 12.5 Å². The van der Waals surface area contributed by atoms with Crippen LogP contribution in [-0.4, -0.2) is 17.0 Å². The first kappa shape index (κ1) is 16.8. The molecule has 0 radical (unpaired) electrons. The van der Waals surface area contributed by atoms with Crippen molar-refractivity contribution in [2.75, 3.05) is 0 Å². The van der Waals surface area contributed by atoms with Crippen molar-refractivity contribution in [3.63, 3.8) is 0 Å². The smallest absolute Gasteiger partial charge is 0.406 e. The second-order valence-corrected chi connectivity index (χ2v) is 5.11. The Morgan fingerprint density at radius 1 is 1.20 bits per heavy atom. The maximum Gasteiger partial charge on any atom is 0.573 e. The van der Waals surface area contributed by atoms with E-state index in [-0.39, 0.29) is 6.07 Å². The van der Waals surface area contributed by atoms with Gasteiger partial charge in [0.2, 0.25) is 0 Å². The molecule has 112 valence electrons. The van der Waals surface area contributed by atoms with E-state index in [0.29, 0.717) is 12.1 Å². The summed E-state index contributed by atoms with van der Waals surface area (Å²) in [6, 6.07) is 1.46. The molecule has 0 aromatic heterocycles. The summed E-state index contributed by atoms with van der Waals surface area (Å²) in [5, 5.41) is 0. The minimum Gasteiger partial charge on any atom is -0.406 e. The molecule has 0 spiro atoms. The van der Waals surface area contributed by atoms with Gasteiger partial charge in [0.05, 0.1) is 10.4 Å². The number of hydrogen-bond acceptors (Lipinski definition) is 2. The monoisotopic (exact) mass is 364 g/mol. The molecule has 2 nitrogen and oxygen atoms in total. The van der Waals surface area contributed by atoms with E-state index in [4.69, 9.17) is 0 Å². The van der Waals surface area contributed by atoms with Gasteiger partial charge in [0, 0.05) is 5.56 Å². The highest BCUT2D eigenvalue weighted by molar-refractivity contribution is 9.10. The number of hydrogen-bond donors (Lipinski definition) is 0. The van der Waals surface area contributed by atoms with Gasteiger partial charge in [-0.2, -0.15) is 13.2 Å². The predicted molar refractivity (Wildman–Crippen MR) is 60.8 cm³/mol. The van der Waals surface area contributed by atoms with Crippen molar-refractivity contribution in [1.29, 1.82) is 0 Å². The number of ether oxygens (including phenoxy) is 1. The van der Waals surface area contributed by atoms with Gasteiger partial charge in [0.1, 0.15) is 5.75 Å². The Labute approximate surface area is 117 Å². The van der Waals surface area contributed by atoms with Crippen molar-refractivity contribution in [1.82, 2.24) is 0 Å². The third-order valence-electron chi connectivity index (χ3n) is 2.16. The summed E-state index contributed by atoms with van der Waals surface area (Å²) in [6.45, 7) is 1.31. The Morgan fingerprint density at radius 3 is 2.15 bits per heavy atom. The Hall–Kier alpha value is -1.25. The third-order valence-corrected chi connectivity index (χ3v) is 2.57. The van der Waals surface area contributed by atoms with Crippen molar-refractivity contribution in [2.24, 2.45) is 0 Å². The van der Waals surface area contributed by atoms with Crippen LogP contribution in [0, 0.1) is 0 Å². The topological polar surface area (TPSA) is 26.3 Å². The van der Waals surface area contributed by atoms with E-state index in [1.54, 1.807) is 0 Å². The van der Waals surface area contributed by atoms with Crippen molar-refractivity contribution >= 4 is 21.7 Å². The zero-order valence-electron chi connectivity index (χ0n) is 9.77. The quantitative estimate of drug-likeness (QED) is 0.446.